The molecule has 0 spiro atoms. The van der Waals surface area contributed by atoms with Crippen molar-refractivity contribution in [2.45, 2.75) is 0 Å². The molecule has 0 fully saturated rings. The van der Waals surface area contributed by atoms with Crippen LogP contribution in [0.3, 0.4) is 0 Å². The zero-order valence-electron chi connectivity index (χ0n) is 11.2. The summed E-state index contributed by atoms with van der Waals surface area (Å²) in [7, 11) is 1.31. The van der Waals surface area contributed by atoms with Gasteiger partial charge in [-0.25, -0.2) is 4.79 Å². The Hall–Kier alpha value is -1.56. The number of hydrogen-bond donors (Lipinski definition) is 0. The maximum atomic E-state index is 12.2. The van der Waals surface area contributed by atoms with Crippen LogP contribution in [0.4, 0.5) is 0 Å². The first kappa shape index (κ1) is 15.3. The van der Waals surface area contributed by atoms with Crippen LogP contribution in [0.5, 0.6) is 0 Å². The SMILES string of the molecule is COC(=O)c1c(-c2ccc(Cl)cc2)oc2nc(Cl)c(Br)cc12. The normalized spacial score (nSPS) is 10.9. The summed E-state index contributed by atoms with van der Waals surface area (Å²) in [6.07, 6.45) is 0. The van der Waals surface area contributed by atoms with Crippen LogP contribution in [0.2, 0.25) is 10.2 Å². The average molecular weight is 401 g/mol. The number of furan rings is 1. The van der Waals surface area contributed by atoms with Crippen molar-refractivity contribution in [3.05, 3.63) is 50.5 Å². The number of ether oxygens (including phenoxy) is 1. The van der Waals surface area contributed by atoms with E-state index in [1.54, 1.807) is 30.3 Å². The second-order valence-corrected chi connectivity index (χ2v) is 6.07. The number of fused-ring (bicyclic) bond motifs is 1. The van der Waals surface area contributed by atoms with Crippen molar-refractivity contribution in [2.75, 3.05) is 7.11 Å². The highest BCUT2D eigenvalue weighted by Crippen LogP contribution is 2.36. The topological polar surface area (TPSA) is 52.3 Å². The first-order chi connectivity index (χ1) is 10.5. The number of carbonyl (C=O) groups excluding carboxylic acids is 1. The quantitative estimate of drug-likeness (QED) is 0.429. The molecular weight excluding hydrogens is 393 g/mol. The molecule has 0 aliphatic heterocycles. The van der Waals surface area contributed by atoms with Gasteiger partial charge in [-0.3, -0.25) is 0 Å². The third kappa shape index (κ3) is 2.60. The van der Waals surface area contributed by atoms with Crippen LogP contribution >= 0.6 is 39.1 Å². The lowest BCUT2D eigenvalue weighted by molar-refractivity contribution is 0.0603. The highest BCUT2D eigenvalue weighted by atomic mass is 79.9. The standard InChI is InChI=1S/C15H8BrCl2NO3/c1-21-15(20)11-9-6-10(16)13(18)19-14(9)22-12(11)7-2-4-8(17)5-3-7/h2-6H,1H3. The van der Waals surface area contributed by atoms with Gasteiger partial charge in [0.15, 0.2) is 5.76 Å². The first-order valence-electron chi connectivity index (χ1n) is 6.14. The Balaban J connectivity index is 2.33. The Bertz CT molecular complexity index is 875. The number of benzene rings is 1. The van der Waals surface area contributed by atoms with Crippen molar-refractivity contribution < 1.29 is 13.9 Å². The van der Waals surface area contributed by atoms with Gasteiger partial charge in [0.05, 0.1) is 17.0 Å². The summed E-state index contributed by atoms with van der Waals surface area (Å²) < 4.78 is 11.1. The molecule has 7 heteroatoms. The maximum absolute atomic E-state index is 12.2. The molecule has 4 nitrogen and oxygen atoms in total. The minimum atomic E-state index is -0.514. The Morgan fingerprint density at radius 1 is 1.27 bits per heavy atom. The van der Waals surface area contributed by atoms with Gasteiger partial charge >= 0.3 is 5.97 Å². The van der Waals surface area contributed by atoms with E-state index in [4.69, 9.17) is 32.4 Å². The molecule has 2 heterocycles. The Labute approximate surface area is 144 Å². The number of esters is 1. The van der Waals surface area contributed by atoms with Crippen molar-refractivity contribution >= 4 is 56.2 Å². The van der Waals surface area contributed by atoms with E-state index in [0.29, 0.717) is 31.8 Å². The molecular formula is C15H8BrCl2NO3. The molecule has 22 heavy (non-hydrogen) atoms. The van der Waals surface area contributed by atoms with Crippen LogP contribution in [0.15, 0.2) is 39.2 Å². The first-order valence-corrected chi connectivity index (χ1v) is 7.69. The largest absolute Gasteiger partial charge is 0.465 e. The molecule has 1 aromatic carbocycles. The summed E-state index contributed by atoms with van der Waals surface area (Å²) in [5.41, 5.74) is 1.25. The summed E-state index contributed by atoms with van der Waals surface area (Å²) in [6, 6.07) is 8.61. The van der Waals surface area contributed by atoms with Crippen LogP contribution in [0, 0.1) is 0 Å². The van der Waals surface area contributed by atoms with Gasteiger partial charge in [0, 0.05) is 10.6 Å². The maximum Gasteiger partial charge on any atom is 0.342 e. The van der Waals surface area contributed by atoms with Gasteiger partial charge in [-0.1, -0.05) is 23.2 Å². The van der Waals surface area contributed by atoms with Crippen molar-refractivity contribution in [3.63, 3.8) is 0 Å². The van der Waals surface area contributed by atoms with Crippen molar-refractivity contribution in [1.29, 1.82) is 0 Å². The predicted molar refractivity (Wildman–Crippen MR) is 88.5 cm³/mol. The molecule has 0 bridgehead atoms. The number of halogens is 3. The molecule has 2 aromatic heterocycles. The van der Waals surface area contributed by atoms with E-state index in [2.05, 4.69) is 20.9 Å². The molecule has 0 N–H and O–H groups in total. The molecule has 3 rings (SSSR count). The van der Waals surface area contributed by atoms with E-state index in [9.17, 15) is 4.79 Å². The van der Waals surface area contributed by atoms with Gasteiger partial charge < -0.3 is 9.15 Å². The van der Waals surface area contributed by atoms with Crippen LogP contribution in [0.1, 0.15) is 10.4 Å². The van der Waals surface area contributed by atoms with Crippen LogP contribution < -0.4 is 0 Å². The molecule has 0 saturated carbocycles. The third-order valence-electron chi connectivity index (χ3n) is 3.09. The minimum Gasteiger partial charge on any atom is -0.465 e. The van der Waals surface area contributed by atoms with Crippen molar-refractivity contribution in [2.24, 2.45) is 0 Å². The minimum absolute atomic E-state index is 0.250. The number of nitrogens with zero attached hydrogens (tertiary/aromatic N) is 1. The van der Waals surface area contributed by atoms with Crippen LogP contribution in [0.25, 0.3) is 22.4 Å². The fourth-order valence-corrected chi connectivity index (χ4v) is 2.66. The summed E-state index contributed by atoms with van der Waals surface area (Å²) in [4.78, 5) is 16.3. The van der Waals surface area contributed by atoms with Crippen molar-refractivity contribution in [3.8, 4) is 11.3 Å². The summed E-state index contributed by atoms with van der Waals surface area (Å²) in [6.45, 7) is 0. The lowest BCUT2D eigenvalue weighted by Crippen LogP contribution is -2.02. The van der Waals surface area contributed by atoms with E-state index in [1.165, 1.54) is 7.11 Å². The van der Waals surface area contributed by atoms with Gasteiger partial charge in [0.1, 0.15) is 10.7 Å². The van der Waals surface area contributed by atoms with Gasteiger partial charge in [0.2, 0.25) is 5.71 Å². The number of aromatic nitrogens is 1. The Kier molecular flexibility index (Phi) is 4.12. The van der Waals surface area contributed by atoms with E-state index in [1.807, 2.05) is 0 Å². The van der Waals surface area contributed by atoms with E-state index in [0.717, 1.165) is 0 Å². The molecule has 0 atom stereocenters. The predicted octanol–water partition coefficient (Wildman–Crippen LogP) is 5.35. The monoisotopic (exact) mass is 399 g/mol. The molecule has 0 unspecified atom stereocenters. The molecule has 0 radical (unpaired) electrons. The summed E-state index contributed by atoms with van der Waals surface area (Å²) in [5, 5.41) is 1.36. The molecule has 112 valence electrons. The Morgan fingerprint density at radius 3 is 2.59 bits per heavy atom. The summed E-state index contributed by atoms with van der Waals surface area (Å²) >= 11 is 15.2. The molecule has 0 amide bonds. The number of hydrogen-bond acceptors (Lipinski definition) is 4. The van der Waals surface area contributed by atoms with E-state index >= 15 is 0 Å². The van der Waals surface area contributed by atoms with Crippen LogP contribution in [-0.2, 0) is 4.74 Å². The number of rotatable bonds is 2. The van der Waals surface area contributed by atoms with Gasteiger partial charge in [-0.05, 0) is 46.3 Å². The lowest BCUT2D eigenvalue weighted by Gasteiger charge is -2.02. The number of pyridine rings is 1. The lowest BCUT2D eigenvalue weighted by atomic mass is 10.1. The molecule has 0 aliphatic carbocycles. The van der Waals surface area contributed by atoms with Gasteiger partial charge in [-0.15, -0.1) is 0 Å². The highest BCUT2D eigenvalue weighted by Gasteiger charge is 2.24. The molecule has 0 saturated heterocycles. The highest BCUT2D eigenvalue weighted by molar-refractivity contribution is 9.10. The fourth-order valence-electron chi connectivity index (χ4n) is 2.09. The average Bonchev–Trinajstić information content (AvgIpc) is 2.86. The number of carbonyl (C=O) groups is 1. The van der Waals surface area contributed by atoms with E-state index in [-0.39, 0.29) is 10.9 Å². The van der Waals surface area contributed by atoms with E-state index < -0.39 is 5.97 Å². The van der Waals surface area contributed by atoms with Gasteiger partial charge in [0.25, 0.3) is 0 Å². The fraction of sp³-hybridized carbons (Fsp3) is 0.0667. The number of methoxy groups -OCH3 is 1. The zero-order valence-corrected chi connectivity index (χ0v) is 14.3. The zero-order chi connectivity index (χ0) is 15.9. The molecule has 0 aliphatic rings. The third-order valence-corrected chi connectivity index (χ3v) is 4.46. The Morgan fingerprint density at radius 2 is 1.95 bits per heavy atom. The second kappa shape index (κ2) is 5.91. The molecule has 3 aromatic rings. The summed E-state index contributed by atoms with van der Waals surface area (Å²) in [5.74, 6) is -0.153. The smallest absolute Gasteiger partial charge is 0.342 e. The van der Waals surface area contributed by atoms with Gasteiger partial charge in [-0.2, -0.15) is 4.98 Å². The van der Waals surface area contributed by atoms with Crippen molar-refractivity contribution in [1.82, 2.24) is 4.98 Å². The second-order valence-electron chi connectivity index (χ2n) is 4.42. The van der Waals surface area contributed by atoms with Crippen LogP contribution in [-0.4, -0.2) is 18.1 Å².